The number of carbonyl (C=O) groups excluding carboxylic acids is 1. The Bertz CT molecular complexity index is 568. The highest BCUT2D eigenvalue weighted by Crippen LogP contribution is 2.30. The van der Waals surface area contributed by atoms with E-state index < -0.39 is 17.8 Å². The molecular weight excluding hydrogens is 347 g/mol. The first-order chi connectivity index (χ1) is 12.4. The molecular formula is C18H26F3N3O2. The predicted molar refractivity (Wildman–Crippen MR) is 92.7 cm³/mol. The summed E-state index contributed by atoms with van der Waals surface area (Å²) in [6.45, 7) is 7.27. The summed E-state index contributed by atoms with van der Waals surface area (Å²) in [4.78, 5) is 14.4. The van der Waals surface area contributed by atoms with Gasteiger partial charge in [0.05, 0.1) is 24.8 Å². The molecule has 2 unspecified atom stereocenters. The van der Waals surface area contributed by atoms with E-state index in [1.807, 2.05) is 13.8 Å². The SMILES string of the molecule is CCN(CC)C(CNC(=O)C1COCCN1)c1ccc(C(F)(F)F)cc1. The molecule has 2 rings (SSSR count). The molecule has 1 aromatic carbocycles. The third-order valence-corrected chi connectivity index (χ3v) is 4.58. The first-order valence-corrected chi connectivity index (χ1v) is 8.86. The Morgan fingerprint density at radius 1 is 1.31 bits per heavy atom. The van der Waals surface area contributed by atoms with E-state index in [9.17, 15) is 18.0 Å². The number of rotatable bonds is 7. The number of morpholine rings is 1. The van der Waals surface area contributed by atoms with E-state index in [1.165, 1.54) is 12.1 Å². The smallest absolute Gasteiger partial charge is 0.378 e. The molecule has 0 aliphatic carbocycles. The van der Waals surface area contributed by atoms with Crippen LogP contribution in [0.4, 0.5) is 13.2 Å². The molecule has 26 heavy (non-hydrogen) atoms. The lowest BCUT2D eigenvalue weighted by Gasteiger charge is -2.31. The third kappa shape index (κ3) is 5.43. The number of hydrogen-bond donors (Lipinski definition) is 2. The minimum atomic E-state index is -4.36. The highest BCUT2D eigenvalue weighted by atomic mass is 19.4. The molecule has 0 aromatic heterocycles. The van der Waals surface area contributed by atoms with E-state index in [4.69, 9.17) is 4.74 Å². The number of amides is 1. The molecule has 146 valence electrons. The van der Waals surface area contributed by atoms with Crippen molar-refractivity contribution in [3.05, 3.63) is 35.4 Å². The molecule has 2 N–H and O–H groups in total. The van der Waals surface area contributed by atoms with Crippen molar-refractivity contribution >= 4 is 5.91 Å². The average molecular weight is 373 g/mol. The van der Waals surface area contributed by atoms with Crippen molar-refractivity contribution < 1.29 is 22.7 Å². The van der Waals surface area contributed by atoms with E-state index in [1.54, 1.807) is 0 Å². The van der Waals surface area contributed by atoms with Crippen molar-refractivity contribution in [1.29, 1.82) is 0 Å². The molecule has 8 heteroatoms. The second kappa shape index (κ2) is 9.34. The van der Waals surface area contributed by atoms with Gasteiger partial charge in [-0.2, -0.15) is 13.2 Å². The van der Waals surface area contributed by atoms with Crippen LogP contribution < -0.4 is 10.6 Å². The number of nitrogens with one attached hydrogen (secondary N) is 2. The number of alkyl halides is 3. The summed E-state index contributed by atoms with van der Waals surface area (Å²) in [5.41, 5.74) is 0.0713. The Labute approximate surface area is 151 Å². The largest absolute Gasteiger partial charge is 0.416 e. The lowest BCUT2D eigenvalue weighted by atomic mass is 10.0. The monoisotopic (exact) mass is 373 g/mol. The average Bonchev–Trinajstić information content (AvgIpc) is 2.65. The second-order valence-corrected chi connectivity index (χ2v) is 6.18. The number of ether oxygens (including phenoxy) is 1. The molecule has 0 spiro atoms. The number of halogens is 3. The highest BCUT2D eigenvalue weighted by molar-refractivity contribution is 5.82. The topological polar surface area (TPSA) is 53.6 Å². The molecule has 0 bridgehead atoms. The van der Waals surface area contributed by atoms with Crippen LogP contribution in [-0.2, 0) is 15.7 Å². The van der Waals surface area contributed by atoms with Crippen LogP contribution in [0.2, 0.25) is 0 Å². The van der Waals surface area contributed by atoms with E-state index in [0.29, 0.717) is 26.3 Å². The van der Waals surface area contributed by atoms with Crippen molar-refractivity contribution in [3.63, 3.8) is 0 Å². The maximum atomic E-state index is 12.8. The third-order valence-electron chi connectivity index (χ3n) is 4.58. The van der Waals surface area contributed by atoms with Crippen LogP contribution in [0.25, 0.3) is 0 Å². The van der Waals surface area contributed by atoms with Crippen LogP contribution in [0.3, 0.4) is 0 Å². The summed E-state index contributed by atoms with van der Waals surface area (Å²) in [5.74, 6) is -0.159. The molecule has 1 aliphatic heterocycles. The Balaban J connectivity index is 2.09. The quantitative estimate of drug-likeness (QED) is 0.769. The van der Waals surface area contributed by atoms with E-state index in [2.05, 4.69) is 15.5 Å². The van der Waals surface area contributed by atoms with E-state index in [0.717, 1.165) is 30.8 Å². The molecule has 1 fully saturated rings. The summed E-state index contributed by atoms with van der Waals surface area (Å²) < 4.78 is 43.6. The maximum Gasteiger partial charge on any atom is 0.416 e. The van der Waals surface area contributed by atoms with Gasteiger partial charge in [0.15, 0.2) is 0 Å². The molecule has 1 saturated heterocycles. The minimum Gasteiger partial charge on any atom is -0.378 e. The van der Waals surface area contributed by atoms with Gasteiger partial charge in [0.2, 0.25) is 5.91 Å². The van der Waals surface area contributed by atoms with Gasteiger partial charge in [-0.1, -0.05) is 26.0 Å². The zero-order valence-electron chi connectivity index (χ0n) is 15.1. The molecule has 5 nitrogen and oxygen atoms in total. The second-order valence-electron chi connectivity index (χ2n) is 6.18. The van der Waals surface area contributed by atoms with E-state index in [-0.39, 0.29) is 11.9 Å². The zero-order valence-corrected chi connectivity index (χ0v) is 15.1. The van der Waals surface area contributed by atoms with Crippen LogP contribution in [0.1, 0.15) is 31.0 Å². The van der Waals surface area contributed by atoms with Crippen LogP contribution >= 0.6 is 0 Å². The van der Waals surface area contributed by atoms with Crippen LogP contribution in [0.15, 0.2) is 24.3 Å². The molecule has 1 aliphatic rings. The minimum absolute atomic E-state index is 0.159. The number of likely N-dealkylation sites (N-methyl/N-ethyl adjacent to an activating group) is 1. The molecule has 0 saturated carbocycles. The van der Waals surface area contributed by atoms with E-state index >= 15 is 0 Å². The summed E-state index contributed by atoms with van der Waals surface area (Å²) in [6.07, 6.45) is -4.36. The fourth-order valence-corrected chi connectivity index (χ4v) is 3.07. The van der Waals surface area contributed by atoms with Crippen LogP contribution in [0, 0.1) is 0 Å². The fraction of sp³-hybridized carbons (Fsp3) is 0.611. The zero-order chi connectivity index (χ0) is 19.2. The lowest BCUT2D eigenvalue weighted by molar-refractivity contribution is -0.137. The van der Waals surface area contributed by atoms with Gasteiger partial charge >= 0.3 is 6.18 Å². The van der Waals surface area contributed by atoms with Gasteiger partial charge in [-0.3, -0.25) is 9.69 Å². The number of carbonyl (C=O) groups is 1. The maximum absolute atomic E-state index is 12.8. The normalized spacial score (nSPS) is 19.4. The van der Waals surface area contributed by atoms with Crippen molar-refractivity contribution in [2.24, 2.45) is 0 Å². The summed E-state index contributed by atoms with van der Waals surface area (Å²) in [7, 11) is 0. The molecule has 2 atom stereocenters. The summed E-state index contributed by atoms with van der Waals surface area (Å²) in [6, 6.07) is 4.56. The molecule has 1 aromatic rings. The Hall–Kier alpha value is -1.64. The Morgan fingerprint density at radius 3 is 2.46 bits per heavy atom. The van der Waals surface area contributed by atoms with Crippen molar-refractivity contribution in [2.45, 2.75) is 32.1 Å². The predicted octanol–water partition coefficient (Wildman–Crippen LogP) is 2.19. The Morgan fingerprint density at radius 2 is 1.96 bits per heavy atom. The van der Waals surface area contributed by atoms with Crippen molar-refractivity contribution in [3.8, 4) is 0 Å². The van der Waals surface area contributed by atoms with Gasteiger partial charge in [-0.15, -0.1) is 0 Å². The van der Waals surface area contributed by atoms with Gasteiger partial charge < -0.3 is 15.4 Å². The number of nitrogens with zero attached hydrogens (tertiary/aromatic N) is 1. The van der Waals surface area contributed by atoms with Crippen molar-refractivity contribution in [2.75, 3.05) is 39.4 Å². The standard InChI is InChI=1S/C18H26F3N3O2/c1-3-24(4-2)16(11-23-17(25)15-12-26-10-9-22-15)13-5-7-14(8-6-13)18(19,20)21/h5-8,15-16,22H,3-4,9-12H2,1-2H3,(H,23,25). The van der Waals surface area contributed by atoms with Gasteiger partial charge in [0.25, 0.3) is 0 Å². The molecule has 0 radical (unpaired) electrons. The highest BCUT2D eigenvalue weighted by Gasteiger charge is 2.31. The van der Waals surface area contributed by atoms with Crippen molar-refractivity contribution in [1.82, 2.24) is 15.5 Å². The van der Waals surface area contributed by atoms with Gasteiger partial charge in [0.1, 0.15) is 6.04 Å². The fourth-order valence-electron chi connectivity index (χ4n) is 3.07. The van der Waals surface area contributed by atoms with Gasteiger partial charge in [-0.25, -0.2) is 0 Å². The molecule has 1 amide bonds. The number of hydrogen-bond acceptors (Lipinski definition) is 4. The van der Waals surface area contributed by atoms with Gasteiger partial charge in [0, 0.05) is 13.1 Å². The molecule has 1 heterocycles. The lowest BCUT2D eigenvalue weighted by Crippen LogP contribution is -2.52. The van der Waals surface area contributed by atoms with Gasteiger partial charge in [-0.05, 0) is 30.8 Å². The first-order valence-electron chi connectivity index (χ1n) is 8.86. The summed E-state index contributed by atoms with van der Waals surface area (Å²) >= 11 is 0. The Kier molecular flexibility index (Phi) is 7.43. The summed E-state index contributed by atoms with van der Waals surface area (Å²) in [5, 5.41) is 5.99. The first kappa shape index (κ1) is 20.7. The van der Waals surface area contributed by atoms with Crippen LogP contribution in [-0.4, -0.2) is 56.2 Å². The number of benzene rings is 1. The van der Waals surface area contributed by atoms with Crippen LogP contribution in [0.5, 0.6) is 0 Å².